The van der Waals surface area contributed by atoms with Crippen molar-refractivity contribution in [1.29, 1.82) is 0 Å². The van der Waals surface area contributed by atoms with E-state index >= 15 is 0 Å². The quantitative estimate of drug-likeness (QED) is 0.440. The first-order valence-corrected chi connectivity index (χ1v) is 11.9. The summed E-state index contributed by atoms with van der Waals surface area (Å²) in [4.78, 5) is 23.8. The van der Waals surface area contributed by atoms with Crippen molar-refractivity contribution in [3.8, 4) is 11.4 Å². The van der Waals surface area contributed by atoms with Crippen molar-refractivity contribution in [2.45, 2.75) is 44.2 Å². The summed E-state index contributed by atoms with van der Waals surface area (Å²) in [5, 5.41) is 4.98. The molecule has 2 aliphatic rings. The lowest BCUT2D eigenvalue weighted by molar-refractivity contribution is -0.181. The maximum atomic E-state index is 13.7. The second-order valence-electron chi connectivity index (χ2n) is 9.93. The van der Waals surface area contributed by atoms with Crippen molar-refractivity contribution in [3.63, 3.8) is 0 Å². The third kappa shape index (κ3) is 3.71. The standard InChI is InChI=1S/C25H26F3N7/c1-24(2,25(26,27)28)19-11-16-15(5-6-31-21(16)33-19)22-32-18-13-30-12-17(14-3-4-14)20(18)23(34-22)35-9-7-29-8-10-35/h5-6,11-14,29H,3-4,7-10H2,1-2H3,(H,31,33). The molecular formula is C25H26F3N7. The Balaban J connectivity index is 1.56. The average molecular weight is 482 g/mol. The summed E-state index contributed by atoms with van der Waals surface area (Å²) in [6, 6.07) is 3.30. The topological polar surface area (TPSA) is 82.6 Å². The molecule has 0 radical (unpaired) electrons. The molecule has 182 valence electrons. The summed E-state index contributed by atoms with van der Waals surface area (Å²) in [6.07, 6.45) is 3.12. The summed E-state index contributed by atoms with van der Waals surface area (Å²) in [6.45, 7) is 5.68. The number of pyridine rings is 2. The van der Waals surface area contributed by atoms with Gasteiger partial charge < -0.3 is 15.2 Å². The van der Waals surface area contributed by atoms with Crippen LogP contribution in [0.5, 0.6) is 0 Å². The van der Waals surface area contributed by atoms with Crippen molar-refractivity contribution >= 4 is 27.8 Å². The Labute approximate surface area is 200 Å². The van der Waals surface area contributed by atoms with Crippen LogP contribution in [-0.4, -0.2) is 57.3 Å². The lowest BCUT2D eigenvalue weighted by Crippen LogP contribution is -2.44. The summed E-state index contributed by atoms with van der Waals surface area (Å²) in [5.41, 5.74) is 0.964. The number of hydrogen-bond donors (Lipinski definition) is 2. The van der Waals surface area contributed by atoms with Gasteiger partial charge in [0.15, 0.2) is 5.82 Å². The molecular weight excluding hydrogens is 455 g/mol. The highest BCUT2D eigenvalue weighted by molar-refractivity contribution is 5.97. The van der Waals surface area contributed by atoms with Gasteiger partial charge in [-0.3, -0.25) is 4.98 Å². The van der Waals surface area contributed by atoms with E-state index in [2.05, 4.69) is 25.2 Å². The SMILES string of the molecule is CC(C)(c1cc2c(-c3nc(N4CCNCC4)c4c(C5CC5)cncc4n3)ccnc2[nH]1)C(F)(F)F. The normalized spacial score (nSPS) is 17.5. The van der Waals surface area contributed by atoms with Gasteiger partial charge >= 0.3 is 6.18 Å². The number of piperazine rings is 1. The molecule has 4 aromatic heterocycles. The molecule has 0 amide bonds. The van der Waals surface area contributed by atoms with Gasteiger partial charge in [-0.1, -0.05) is 0 Å². The fraction of sp³-hybridized carbons (Fsp3) is 0.440. The van der Waals surface area contributed by atoms with Gasteiger partial charge in [-0.25, -0.2) is 15.0 Å². The number of rotatable bonds is 4. The maximum absolute atomic E-state index is 13.7. The monoisotopic (exact) mass is 481 g/mol. The van der Waals surface area contributed by atoms with Crippen LogP contribution < -0.4 is 10.2 Å². The molecule has 2 fully saturated rings. The van der Waals surface area contributed by atoms with Gasteiger partial charge in [-0.05, 0) is 50.3 Å². The van der Waals surface area contributed by atoms with Gasteiger partial charge in [0.2, 0.25) is 0 Å². The molecule has 0 atom stereocenters. The van der Waals surface area contributed by atoms with Crippen LogP contribution in [0, 0.1) is 0 Å². The smallest absolute Gasteiger partial charge is 0.353 e. The van der Waals surface area contributed by atoms with Crippen molar-refractivity contribution in [2.24, 2.45) is 0 Å². The molecule has 0 spiro atoms. The zero-order valence-electron chi connectivity index (χ0n) is 19.6. The fourth-order valence-electron chi connectivity index (χ4n) is 4.73. The molecule has 1 saturated carbocycles. The molecule has 1 saturated heterocycles. The van der Waals surface area contributed by atoms with Gasteiger partial charge in [-0.15, -0.1) is 0 Å². The number of aromatic amines is 1. The molecule has 10 heteroatoms. The molecule has 1 aliphatic carbocycles. The zero-order valence-corrected chi connectivity index (χ0v) is 19.6. The summed E-state index contributed by atoms with van der Waals surface area (Å²) in [7, 11) is 0. The highest BCUT2D eigenvalue weighted by Gasteiger charge is 2.49. The minimum atomic E-state index is -4.41. The third-order valence-corrected chi connectivity index (χ3v) is 7.21. The van der Waals surface area contributed by atoms with E-state index in [0.717, 1.165) is 69.6 Å². The highest BCUT2D eigenvalue weighted by Crippen LogP contribution is 2.45. The third-order valence-electron chi connectivity index (χ3n) is 7.21. The van der Waals surface area contributed by atoms with Crippen LogP contribution >= 0.6 is 0 Å². The number of nitrogens with one attached hydrogen (secondary N) is 2. The van der Waals surface area contributed by atoms with Gasteiger partial charge in [0.05, 0.1) is 11.7 Å². The van der Waals surface area contributed by atoms with E-state index in [1.54, 1.807) is 18.5 Å². The number of halogens is 3. The molecule has 5 heterocycles. The molecule has 0 bridgehead atoms. The van der Waals surface area contributed by atoms with Crippen molar-refractivity contribution in [2.75, 3.05) is 31.1 Å². The first-order chi connectivity index (χ1) is 16.7. The van der Waals surface area contributed by atoms with Crippen LogP contribution in [0.1, 0.15) is 43.9 Å². The van der Waals surface area contributed by atoms with E-state index in [0.29, 0.717) is 28.3 Å². The van der Waals surface area contributed by atoms with Crippen LogP contribution in [-0.2, 0) is 5.41 Å². The van der Waals surface area contributed by atoms with Crippen LogP contribution in [0.4, 0.5) is 19.0 Å². The summed E-state index contributed by atoms with van der Waals surface area (Å²) >= 11 is 0. The number of anilines is 1. The van der Waals surface area contributed by atoms with E-state index < -0.39 is 11.6 Å². The fourth-order valence-corrected chi connectivity index (χ4v) is 4.73. The second kappa shape index (κ2) is 7.87. The van der Waals surface area contributed by atoms with Gasteiger partial charge in [0.1, 0.15) is 16.9 Å². The number of aromatic nitrogens is 5. The lowest BCUT2D eigenvalue weighted by Gasteiger charge is -2.30. The number of nitrogens with zero attached hydrogens (tertiary/aromatic N) is 5. The predicted octanol–water partition coefficient (Wildman–Crippen LogP) is 4.70. The zero-order chi connectivity index (χ0) is 24.4. The number of alkyl halides is 3. The minimum Gasteiger partial charge on any atom is -0.353 e. The van der Waals surface area contributed by atoms with E-state index in [1.807, 2.05) is 6.20 Å². The molecule has 7 nitrogen and oxygen atoms in total. The first kappa shape index (κ1) is 22.2. The summed E-state index contributed by atoms with van der Waals surface area (Å²) in [5.74, 6) is 1.81. The van der Waals surface area contributed by atoms with Crippen LogP contribution in [0.3, 0.4) is 0 Å². The highest BCUT2D eigenvalue weighted by atomic mass is 19.4. The Morgan fingerprint density at radius 1 is 1.06 bits per heavy atom. The lowest BCUT2D eigenvalue weighted by atomic mass is 9.88. The van der Waals surface area contributed by atoms with Gasteiger partial charge in [0.25, 0.3) is 0 Å². The van der Waals surface area contributed by atoms with Gasteiger partial charge in [-0.2, -0.15) is 13.2 Å². The Morgan fingerprint density at radius 2 is 1.83 bits per heavy atom. The van der Waals surface area contributed by atoms with E-state index in [-0.39, 0.29) is 5.69 Å². The molecule has 35 heavy (non-hydrogen) atoms. The molecule has 0 aromatic carbocycles. The molecule has 2 N–H and O–H groups in total. The minimum absolute atomic E-state index is 0.0563. The van der Waals surface area contributed by atoms with Crippen LogP contribution in [0.25, 0.3) is 33.3 Å². The molecule has 4 aromatic rings. The van der Waals surface area contributed by atoms with Crippen molar-refractivity contribution in [3.05, 3.63) is 42.0 Å². The molecule has 6 rings (SSSR count). The van der Waals surface area contributed by atoms with Crippen molar-refractivity contribution in [1.82, 2.24) is 30.2 Å². The predicted molar refractivity (Wildman–Crippen MR) is 129 cm³/mol. The summed E-state index contributed by atoms with van der Waals surface area (Å²) < 4.78 is 41.2. The van der Waals surface area contributed by atoms with Gasteiger partial charge in [0, 0.05) is 60.6 Å². The maximum Gasteiger partial charge on any atom is 0.399 e. The molecule has 1 aliphatic heterocycles. The Kier molecular flexibility index (Phi) is 5.00. The number of fused-ring (bicyclic) bond motifs is 2. The average Bonchev–Trinajstić information content (AvgIpc) is 3.59. The van der Waals surface area contributed by atoms with E-state index in [9.17, 15) is 13.2 Å². The Morgan fingerprint density at radius 3 is 2.54 bits per heavy atom. The Hall–Kier alpha value is -3.27. The number of H-pyrrole nitrogens is 1. The van der Waals surface area contributed by atoms with E-state index in [1.165, 1.54) is 11.6 Å². The second-order valence-corrected chi connectivity index (χ2v) is 9.93. The van der Waals surface area contributed by atoms with Crippen LogP contribution in [0.15, 0.2) is 30.7 Å². The van der Waals surface area contributed by atoms with Crippen LogP contribution in [0.2, 0.25) is 0 Å². The largest absolute Gasteiger partial charge is 0.399 e. The Bertz CT molecular complexity index is 1420. The first-order valence-electron chi connectivity index (χ1n) is 11.9. The van der Waals surface area contributed by atoms with Crippen molar-refractivity contribution < 1.29 is 13.2 Å². The van der Waals surface area contributed by atoms with E-state index in [4.69, 9.17) is 9.97 Å². The number of hydrogen-bond acceptors (Lipinski definition) is 6. The molecule has 0 unspecified atom stereocenters.